The van der Waals surface area contributed by atoms with Crippen LogP contribution in [0.5, 0.6) is 0 Å². The highest BCUT2D eigenvalue weighted by atomic mass is 35.5. The van der Waals surface area contributed by atoms with Crippen molar-refractivity contribution in [1.82, 2.24) is 15.1 Å². The van der Waals surface area contributed by atoms with Crippen LogP contribution >= 0.6 is 11.6 Å². The van der Waals surface area contributed by atoms with Crippen LogP contribution in [0.25, 0.3) is 22.0 Å². The summed E-state index contributed by atoms with van der Waals surface area (Å²) >= 11 is 6.15. The average Bonchev–Trinajstić information content (AvgIpc) is 2.93. The predicted octanol–water partition coefficient (Wildman–Crippen LogP) is 3.59. The highest BCUT2D eigenvalue weighted by Gasteiger charge is 2.10. The first-order valence-electron chi connectivity index (χ1n) is 6.51. The Balaban J connectivity index is 2.07. The third-order valence-electron chi connectivity index (χ3n) is 3.37. The zero-order valence-electron chi connectivity index (χ0n) is 11.7. The minimum absolute atomic E-state index is 0.0129. The van der Waals surface area contributed by atoms with E-state index in [4.69, 9.17) is 11.6 Å². The summed E-state index contributed by atoms with van der Waals surface area (Å²) in [5.74, 6) is -0.0129. The van der Waals surface area contributed by atoms with Crippen LogP contribution in [0.1, 0.15) is 10.4 Å². The normalized spacial score (nSPS) is 10.8. The molecular weight excluding hydrogens is 286 g/mol. The van der Waals surface area contributed by atoms with Crippen LogP contribution in [0.2, 0.25) is 5.02 Å². The van der Waals surface area contributed by atoms with Gasteiger partial charge < -0.3 is 4.90 Å². The van der Waals surface area contributed by atoms with Crippen LogP contribution in [-0.4, -0.2) is 35.1 Å². The Kier molecular flexibility index (Phi) is 3.39. The number of hydrogen-bond acceptors (Lipinski definition) is 2. The molecule has 3 rings (SSSR count). The lowest BCUT2D eigenvalue weighted by Gasteiger charge is -2.11. The van der Waals surface area contributed by atoms with E-state index in [-0.39, 0.29) is 5.91 Å². The fourth-order valence-electron chi connectivity index (χ4n) is 2.31. The first-order valence-corrected chi connectivity index (χ1v) is 6.89. The van der Waals surface area contributed by atoms with Crippen molar-refractivity contribution >= 4 is 28.4 Å². The second kappa shape index (κ2) is 5.22. The first kappa shape index (κ1) is 13.6. The SMILES string of the molecule is CN(C)C(=O)c1ccc(-c2cc(Cl)cc3[nH]ncc23)cc1. The lowest BCUT2D eigenvalue weighted by Crippen LogP contribution is -2.21. The number of H-pyrrole nitrogens is 1. The molecule has 0 bridgehead atoms. The maximum absolute atomic E-state index is 11.9. The van der Waals surface area contributed by atoms with Gasteiger partial charge in [0, 0.05) is 30.1 Å². The quantitative estimate of drug-likeness (QED) is 0.786. The fourth-order valence-corrected chi connectivity index (χ4v) is 2.52. The smallest absolute Gasteiger partial charge is 0.253 e. The number of nitrogens with zero attached hydrogens (tertiary/aromatic N) is 2. The summed E-state index contributed by atoms with van der Waals surface area (Å²) in [6.07, 6.45) is 1.78. The zero-order chi connectivity index (χ0) is 15.0. The zero-order valence-corrected chi connectivity index (χ0v) is 12.5. The number of rotatable bonds is 2. The Hall–Kier alpha value is -2.33. The molecule has 0 fully saturated rings. The summed E-state index contributed by atoms with van der Waals surface area (Å²) in [7, 11) is 3.48. The molecule has 0 saturated carbocycles. The molecule has 0 saturated heterocycles. The number of carbonyl (C=O) groups excluding carboxylic acids is 1. The Morgan fingerprint density at radius 1 is 1.19 bits per heavy atom. The van der Waals surface area contributed by atoms with Crippen molar-refractivity contribution in [3.8, 4) is 11.1 Å². The summed E-state index contributed by atoms with van der Waals surface area (Å²) < 4.78 is 0. The van der Waals surface area contributed by atoms with Crippen LogP contribution < -0.4 is 0 Å². The summed E-state index contributed by atoms with van der Waals surface area (Å²) in [5.41, 5.74) is 3.55. The Morgan fingerprint density at radius 3 is 2.57 bits per heavy atom. The van der Waals surface area contributed by atoms with Crippen LogP contribution in [0.3, 0.4) is 0 Å². The van der Waals surface area contributed by atoms with Crippen molar-refractivity contribution in [2.45, 2.75) is 0 Å². The van der Waals surface area contributed by atoms with Gasteiger partial charge in [0.1, 0.15) is 0 Å². The molecule has 0 aliphatic carbocycles. The van der Waals surface area contributed by atoms with E-state index in [0.29, 0.717) is 10.6 Å². The third-order valence-corrected chi connectivity index (χ3v) is 3.59. The van der Waals surface area contributed by atoms with E-state index < -0.39 is 0 Å². The standard InChI is InChI=1S/C16H14ClN3O/c1-20(2)16(21)11-5-3-10(4-6-11)13-7-12(17)8-15-14(13)9-18-19-15/h3-9H,1-2H3,(H,18,19). The number of amides is 1. The predicted molar refractivity (Wildman–Crippen MR) is 84.6 cm³/mol. The summed E-state index contributed by atoms with van der Waals surface area (Å²) in [5, 5.41) is 8.63. The van der Waals surface area contributed by atoms with E-state index in [9.17, 15) is 4.79 Å². The molecule has 0 spiro atoms. The van der Waals surface area contributed by atoms with Crippen LogP contribution in [-0.2, 0) is 0 Å². The van der Waals surface area contributed by atoms with Gasteiger partial charge in [-0.25, -0.2) is 0 Å². The highest BCUT2D eigenvalue weighted by molar-refractivity contribution is 6.31. The lowest BCUT2D eigenvalue weighted by molar-refractivity contribution is 0.0827. The molecule has 3 aromatic rings. The van der Waals surface area contributed by atoms with Crippen molar-refractivity contribution in [1.29, 1.82) is 0 Å². The molecule has 0 atom stereocenters. The summed E-state index contributed by atoms with van der Waals surface area (Å²) in [6.45, 7) is 0. The number of hydrogen-bond donors (Lipinski definition) is 1. The van der Waals surface area contributed by atoms with E-state index in [1.165, 1.54) is 0 Å². The molecule has 1 N–H and O–H groups in total. The van der Waals surface area contributed by atoms with Crippen LogP contribution in [0.15, 0.2) is 42.6 Å². The van der Waals surface area contributed by atoms with E-state index in [0.717, 1.165) is 22.0 Å². The number of fused-ring (bicyclic) bond motifs is 1. The molecule has 106 valence electrons. The number of halogens is 1. The second-order valence-corrected chi connectivity index (χ2v) is 5.50. The van der Waals surface area contributed by atoms with Crippen molar-refractivity contribution < 1.29 is 4.79 Å². The maximum Gasteiger partial charge on any atom is 0.253 e. The number of aromatic amines is 1. The fraction of sp³-hybridized carbons (Fsp3) is 0.125. The molecule has 1 amide bonds. The minimum atomic E-state index is -0.0129. The summed E-state index contributed by atoms with van der Waals surface area (Å²) in [4.78, 5) is 13.5. The van der Waals surface area contributed by atoms with Crippen molar-refractivity contribution in [2.24, 2.45) is 0 Å². The van der Waals surface area contributed by atoms with E-state index in [1.54, 1.807) is 25.2 Å². The number of carbonyl (C=O) groups is 1. The molecule has 21 heavy (non-hydrogen) atoms. The molecule has 0 radical (unpaired) electrons. The Morgan fingerprint density at radius 2 is 1.90 bits per heavy atom. The third kappa shape index (κ3) is 2.50. The Labute approximate surface area is 127 Å². The molecule has 1 aromatic heterocycles. The van der Waals surface area contributed by atoms with Gasteiger partial charge in [0.15, 0.2) is 0 Å². The van der Waals surface area contributed by atoms with Gasteiger partial charge in [-0.05, 0) is 35.4 Å². The molecule has 5 heteroatoms. The second-order valence-electron chi connectivity index (χ2n) is 5.06. The van der Waals surface area contributed by atoms with Gasteiger partial charge in [-0.15, -0.1) is 0 Å². The van der Waals surface area contributed by atoms with Gasteiger partial charge in [0.25, 0.3) is 5.91 Å². The molecule has 4 nitrogen and oxygen atoms in total. The van der Waals surface area contributed by atoms with E-state index in [1.807, 2.05) is 36.4 Å². The highest BCUT2D eigenvalue weighted by Crippen LogP contribution is 2.31. The largest absolute Gasteiger partial charge is 0.345 e. The number of nitrogens with one attached hydrogen (secondary N) is 1. The van der Waals surface area contributed by atoms with Crippen LogP contribution in [0, 0.1) is 0 Å². The minimum Gasteiger partial charge on any atom is -0.345 e. The van der Waals surface area contributed by atoms with Gasteiger partial charge in [-0.2, -0.15) is 5.10 Å². The Bertz CT molecular complexity index is 806. The number of aromatic nitrogens is 2. The van der Waals surface area contributed by atoms with Crippen molar-refractivity contribution in [3.63, 3.8) is 0 Å². The molecule has 0 unspecified atom stereocenters. The maximum atomic E-state index is 11.9. The van der Waals surface area contributed by atoms with Gasteiger partial charge in [-0.3, -0.25) is 9.89 Å². The first-order chi connectivity index (χ1) is 10.1. The molecule has 0 aliphatic rings. The average molecular weight is 300 g/mol. The summed E-state index contributed by atoms with van der Waals surface area (Å²) in [6, 6.07) is 11.2. The monoisotopic (exact) mass is 299 g/mol. The van der Waals surface area contributed by atoms with Gasteiger partial charge in [-0.1, -0.05) is 23.7 Å². The van der Waals surface area contributed by atoms with E-state index in [2.05, 4.69) is 10.2 Å². The topological polar surface area (TPSA) is 49.0 Å². The van der Waals surface area contributed by atoms with Gasteiger partial charge in [0.2, 0.25) is 0 Å². The molecule has 0 aliphatic heterocycles. The van der Waals surface area contributed by atoms with Gasteiger partial charge in [0.05, 0.1) is 11.7 Å². The van der Waals surface area contributed by atoms with Crippen LogP contribution in [0.4, 0.5) is 0 Å². The lowest BCUT2D eigenvalue weighted by atomic mass is 10.0. The molecule has 2 aromatic carbocycles. The van der Waals surface area contributed by atoms with Crippen molar-refractivity contribution in [2.75, 3.05) is 14.1 Å². The molecule has 1 heterocycles. The van der Waals surface area contributed by atoms with Crippen molar-refractivity contribution in [3.05, 3.63) is 53.2 Å². The van der Waals surface area contributed by atoms with Gasteiger partial charge >= 0.3 is 0 Å². The van der Waals surface area contributed by atoms with E-state index >= 15 is 0 Å². The number of benzene rings is 2. The molecular formula is C16H14ClN3O.